The van der Waals surface area contributed by atoms with Crippen LogP contribution >= 0.6 is 0 Å². The molecule has 0 radical (unpaired) electrons. The summed E-state index contributed by atoms with van der Waals surface area (Å²) in [5.41, 5.74) is 2.54. The molecule has 0 bridgehead atoms. The van der Waals surface area contributed by atoms with E-state index in [4.69, 9.17) is 4.74 Å². The van der Waals surface area contributed by atoms with Gasteiger partial charge in [0.2, 0.25) is 5.95 Å². The summed E-state index contributed by atoms with van der Waals surface area (Å²) < 4.78 is 37.0. The Morgan fingerprint density at radius 3 is 2.62 bits per heavy atom. The Balaban J connectivity index is 1.40. The predicted molar refractivity (Wildman–Crippen MR) is 144 cm³/mol. The number of benzene rings is 1. The van der Waals surface area contributed by atoms with E-state index in [-0.39, 0.29) is 29.2 Å². The lowest BCUT2D eigenvalue weighted by Gasteiger charge is -2.30. The average molecular weight is 536 g/mol. The molecule has 5 rings (SSSR count). The number of rotatable bonds is 4. The van der Waals surface area contributed by atoms with Gasteiger partial charge >= 0.3 is 6.09 Å². The van der Waals surface area contributed by atoms with Crippen molar-refractivity contribution in [1.29, 1.82) is 0 Å². The largest absolute Gasteiger partial charge is 0.444 e. The molecule has 0 aliphatic carbocycles. The van der Waals surface area contributed by atoms with Gasteiger partial charge in [-0.25, -0.2) is 28.5 Å². The summed E-state index contributed by atoms with van der Waals surface area (Å²) in [7, 11) is 1.77. The number of nitrogens with zero attached hydrogens (tertiary/aromatic N) is 6. The Morgan fingerprint density at radius 2 is 1.90 bits per heavy atom. The highest BCUT2D eigenvalue weighted by molar-refractivity contribution is 5.87. The highest BCUT2D eigenvalue weighted by Crippen LogP contribution is 2.32. The Labute approximate surface area is 225 Å². The summed E-state index contributed by atoms with van der Waals surface area (Å²) in [5, 5.41) is 7.94. The smallest absolute Gasteiger partial charge is 0.410 e. The first-order valence-electron chi connectivity index (χ1n) is 12.8. The van der Waals surface area contributed by atoms with Gasteiger partial charge in [-0.3, -0.25) is 4.68 Å². The minimum atomic E-state index is -0.671. The number of carbonyl (C=O) groups excluding carboxylic acids is 1. The second-order valence-corrected chi connectivity index (χ2v) is 11.0. The molecule has 0 atom stereocenters. The number of aryl methyl sites for hydroxylation is 1. The summed E-state index contributed by atoms with van der Waals surface area (Å²) in [6.45, 7) is 10.4. The molecule has 0 spiro atoms. The lowest BCUT2D eigenvalue weighted by Crippen LogP contribution is -2.40. The van der Waals surface area contributed by atoms with Crippen molar-refractivity contribution in [2.24, 2.45) is 7.05 Å². The number of hydrogen-bond acceptors (Lipinski definition) is 7. The Kier molecular flexibility index (Phi) is 6.69. The molecule has 1 amide bonds. The van der Waals surface area contributed by atoms with Crippen molar-refractivity contribution < 1.29 is 18.3 Å². The summed E-state index contributed by atoms with van der Waals surface area (Å²) in [4.78, 5) is 27.2. The van der Waals surface area contributed by atoms with E-state index in [1.54, 1.807) is 28.8 Å². The van der Waals surface area contributed by atoms with Crippen molar-refractivity contribution in [3.05, 3.63) is 59.0 Å². The minimum Gasteiger partial charge on any atom is -0.444 e. The molecule has 1 aliphatic heterocycles. The molecule has 0 fully saturated rings. The van der Waals surface area contributed by atoms with Crippen LogP contribution in [0.25, 0.3) is 22.2 Å². The molecule has 1 aromatic carbocycles. The van der Waals surface area contributed by atoms with Gasteiger partial charge < -0.3 is 15.0 Å². The number of amides is 1. The van der Waals surface area contributed by atoms with Crippen molar-refractivity contribution in [3.63, 3.8) is 0 Å². The predicted octanol–water partition coefficient (Wildman–Crippen LogP) is 5.86. The van der Waals surface area contributed by atoms with Crippen LogP contribution in [-0.2, 0) is 24.8 Å². The maximum atomic E-state index is 15.0. The Hall–Kier alpha value is -4.15. The van der Waals surface area contributed by atoms with Crippen LogP contribution in [0.4, 0.5) is 25.3 Å². The van der Waals surface area contributed by atoms with Crippen LogP contribution in [0.2, 0.25) is 0 Å². The number of ether oxygens (including phenoxy) is 1. The molecular formula is C28H31F2N7O2. The van der Waals surface area contributed by atoms with E-state index in [9.17, 15) is 13.6 Å². The standard InChI is InChI=1S/C28H31F2N7O2/c1-15(2)25-18-11-17(12-19(29)24(18)35-36(25)6)23-20(30)13-31-26(34-23)33-22-8-7-16-14-37(10-9-21(16)32-22)27(38)39-28(3,4)5/h7-8,11-13,15H,9-10,14H2,1-6H3,(H,31,32,33,34). The van der Waals surface area contributed by atoms with Crippen molar-refractivity contribution in [2.75, 3.05) is 11.9 Å². The van der Waals surface area contributed by atoms with Crippen LogP contribution in [0.5, 0.6) is 0 Å². The number of nitrogens with one attached hydrogen (secondary N) is 1. The van der Waals surface area contributed by atoms with Gasteiger partial charge in [0.15, 0.2) is 11.6 Å². The third-order valence-electron chi connectivity index (χ3n) is 6.44. The summed E-state index contributed by atoms with van der Waals surface area (Å²) >= 11 is 0. The molecule has 1 N–H and O–H groups in total. The fraction of sp³-hybridized carbons (Fsp3) is 0.393. The fourth-order valence-electron chi connectivity index (χ4n) is 4.81. The number of anilines is 2. The van der Waals surface area contributed by atoms with E-state index in [0.29, 0.717) is 36.3 Å². The first kappa shape index (κ1) is 26.5. The van der Waals surface area contributed by atoms with Gasteiger partial charge in [0, 0.05) is 42.4 Å². The van der Waals surface area contributed by atoms with Crippen LogP contribution < -0.4 is 5.32 Å². The van der Waals surface area contributed by atoms with Crippen molar-refractivity contribution in [2.45, 2.75) is 59.1 Å². The Bertz CT molecular complexity index is 1580. The van der Waals surface area contributed by atoms with Gasteiger partial charge in [0.1, 0.15) is 22.6 Å². The maximum absolute atomic E-state index is 15.0. The monoisotopic (exact) mass is 535 g/mol. The zero-order chi connectivity index (χ0) is 28.1. The van der Waals surface area contributed by atoms with Crippen molar-refractivity contribution in [1.82, 2.24) is 29.6 Å². The molecule has 4 heterocycles. The van der Waals surface area contributed by atoms with Gasteiger partial charge in [-0.05, 0) is 50.5 Å². The molecule has 39 heavy (non-hydrogen) atoms. The zero-order valence-electron chi connectivity index (χ0n) is 22.8. The molecule has 204 valence electrons. The van der Waals surface area contributed by atoms with E-state index in [1.165, 1.54) is 6.07 Å². The Morgan fingerprint density at radius 1 is 1.13 bits per heavy atom. The number of halogens is 2. The summed E-state index contributed by atoms with van der Waals surface area (Å²) in [5.74, 6) is -0.522. The molecule has 3 aromatic heterocycles. The molecule has 1 aliphatic rings. The highest BCUT2D eigenvalue weighted by atomic mass is 19.1. The number of pyridine rings is 1. The molecule has 0 unspecified atom stereocenters. The lowest BCUT2D eigenvalue weighted by molar-refractivity contribution is 0.0223. The highest BCUT2D eigenvalue weighted by Gasteiger charge is 2.26. The molecule has 9 nitrogen and oxygen atoms in total. The first-order chi connectivity index (χ1) is 18.4. The minimum absolute atomic E-state index is 0.0298. The second kappa shape index (κ2) is 9.87. The number of aromatic nitrogens is 5. The lowest BCUT2D eigenvalue weighted by atomic mass is 10.0. The van der Waals surface area contributed by atoms with E-state index < -0.39 is 17.2 Å². The molecule has 0 saturated carbocycles. The summed E-state index contributed by atoms with van der Waals surface area (Å²) in [6.07, 6.45) is 1.25. The maximum Gasteiger partial charge on any atom is 0.410 e. The third-order valence-corrected chi connectivity index (χ3v) is 6.44. The van der Waals surface area contributed by atoms with E-state index in [1.807, 2.05) is 40.7 Å². The molecule has 0 saturated heterocycles. The van der Waals surface area contributed by atoms with Crippen LogP contribution in [-0.4, -0.2) is 47.9 Å². The third kappa shape index (κ3) is 5.39. The topological polar surface area (TPSA) is 98.1 Å². The van der Waals surface area contributed by atoms with Gasteiger partial charge in [-0.15, -0.1) is 0 Å². The summed E-state index contributed by atoms with van der Waals surface area (Å²) in [6, 6.07) is 6.58. The average Bonchev–Trinajstić information content (AvgIpc) is 3.20. The number of carbonyl (C=O) groups is 1. The molecule has 4 aromatic rings. The van der Waals surface area contributed by atoms with Crippen LogP contribution in [0.15, 0.2) is 30.5 Å². The fourth-order valence-corrected chi connectivity index (χ4v) is 4.81. The van der Waals surface area contributed by atoms with Crippen molar-refractivity contribution >= 4 is 28.8 Å². The SMILES string of the molecule is CC(C)c1c2cc(-c3nc(Nc4ccc5c(n4)CCN(C(=O)OC(C)(C)C)C5)ncc3F)cc(F)c2nn1C. The van der Waals surface area contributed by atoms with E-state index >= 15 is 0 Å². The normalized spacial score (nSPS) is 13.6. The quantitative estimate of drug-likeness (QED) is 0.349. The van der Waals surface area contributed by atoms with Crippen molar-refractivity contribution in [3.8, 4) is 11.3 Å². The number of fused-ring (bicyclic) bond motifs is 2. The van der Waals surface area contributed by atoms with E-state index in [0.717, 1.165) is 23.1 Å². The van der Waals surface area contributed by atoms with Crippen LogP contribution in [0.1, 0.15) is 57.5 Å². The number of hydrogen-bond donors (Lipinski definition) is 1. The first-order valence-corrected chi connectivity index (χ1v) is 12.8. The molecule has 11 heteroatoms. The second-order valence-electron chi connectivity index (χ2n) is 11.0. The van der Waals surface area contributed by atoms with Gasteiger partial charge in [-0.2, -0.15) is 5.10 Å². The van der Waals surface area contributed by atoms with Crippen LogP contribution in [0, 0.1) is 11.6 Å². The zero-order valence-corrected chi connectivity index (χ0v) is 22.8. The van der Waals surface area contributed by atoms with Gasteiger partial charge in [-0.1, -0.05) is 19.9 Å². The van der Waals surface area contributed by atoms with E-state index in [2.05, 4.69) is 25.4 Å². The van der Waals surface area contributed by atoms with Crippen LogP contribution in [0.3, 0.4) is 0 Å². The van der Waals surface area contributed by atoms with Gasteiger partial charge in [0.25, 0.3) is 0 Å². The molecular weight excluding hydrogens is 504 g/mol. The van der Waals surface area contributed by atoms with Gasteiger partial charge in [0.05, 0.1) is 12.7 Å².